The van der Waals surface area contributed by atoms with Crippen LogP contribution in [0.5, 0.6) is 5.75 Å². The molecule has 2 aromatic rings. The van der Waals surface area contributed by atoms with E-state index in [-0.39, 0.29) is 22.4 Å². The van der Waals surface area contributed by atoms with Crippen LogP contribution in [-0.4, -0.2) is 16.9 Å². The van der Waals surface area contributed by atoms with Gasteiger partial charge in [-0.1, -0.05) is 43.6 Å². The van der Waals surface area contributed by atoms with Crippen LogP contribution < -0.4 is 10.1 Å². The molecule has 1 amide bonds. The Bertz CT molecular complexity index is 810. The Hall–Kier alpha value is -2.60. The number of non-ortho nitro benzene ring substituents is 1. The van der Waals surface area contributed by atoms with E-state index >= 15 is 0 Å². The van der Waals surface area contributed by atoms with Crippen LogP contribution in [0.2, 0.25) is 5.02 Å². The van der Waals surface area contributed by atoms with Crippen molar-refractivity contribution < 1.29 is 14.5 Å². The average molecular weight is 377 g/mol. The van der Waals surface area contributed by atoms with Crippen molar-refractivity contribution in [1.82, 2.24) is 0 Å². The first kappa shape index (κ1) is 19.7. The molecule has 0 bridgehead atoms. The predicted octanol–water partition coefficient (Wildman–Crippen LogP) is 5.17. The normalized spacial score (nSPS) is 12.9. The number of benzene rings is 2. The molecule has 0 saturated carbocycles. The van der Waals surface area contributed by atoms with E-state index in [2.05, 4.69) is 19.2 Å². The highest BCUT2D eigenvalue weighted by Gasteiger charge is 2.19. The van der Waals surface area contributed by atoms with Crippen molar-refractivity contribution >= 4 is 28.9 Å². The Labute approximate surface area is 157 Å². The van der Waals surface area contributed by atoms with Crippen LogP contribution in [0.1, 0.15) is 38.7 Å². The van der Waals surface area contributed by atoms with Crippen molar-refractivity contribution in [2.24, 2.45) is 0 Å². The summed E-state index contributed by atoms with van der Waals surface area (Å²) in [4.78, 5) is 22.7. The molecule has 0 aliphatic carbocycles. The quantitative estimate of drug-likeness (QED) is 0.534. The highest BCUT2D eigenvalue weighted by molar-refractivity contribution is 6.32. The molecule has 0 fully saturated rings. The number of hydrogen-bond donors (Lipinski definition) is 1. The third kappa shape index (κ3) is 4.73. The van der Waals surface area contributed by atoms with Gasteiger partial charge in [0.05, 0.1) is 9.95 Å². The van der Waals surface area contributed by atoms with Gasteiger partial charge in [-0.05, 0) is 37.0 Å². The summed E-state index contributed by atoms with van der Waals surface area (Å²) in [7, 11) is 0. The minimum Gasteiger partial charge on any atom is -0.479 e. The van der Waals surface area contributed by atoms with E-state index in [4.69, 9.17) is 16.3 Å². The van der Waals surface area contributed by atoms with Gasteiger partial charge in [-0.3, -0.25) is 14.9 Å². The molecule has 0 aromatic heterocycles. The maximum absolute atomic E-state index is 12.5. The summed E-state index contributed by atoms with van der Waals surface area (Å²) >= 11 is 6.01. The van der Waals surface area contributed by atoms with E-state index in [0.29, 0.717) is 5.92 Å². The number of carbonyl (C=O) groups is 1. The molecule has 138 valence electrons. The van der Waals surface area contributed by atoms with E-state index < -0.39 is 11.0 Å². The minimum atomic E-state index is -0.820. The molecule has 7 heteroatoms. The number of nitro groups is 1. The molecule has 6 nitrogen and oxygen atoms in total. The Kier molecular flexibility index (Phi) is 6.58. The monoisotopic (exact) mass is 376 g/mol. The summed E-state index contributed by atoms with van der Waals surface area (Å²) in [6.07, 6.45) is 0.135. The molecule has 2 rings (SSSR count). The fourth-order valence-electron chi connectivity index (χ4n) is 2.44. The molecular weight excluding hydrogens is 356 g/mol. The van der Waals surface area contributed by atoms with Crippen LogP contribution in [0.4, 0.5) is 11.4 Å². The lowest BCUT2D eigenvalue weighted by molar-refractivity contribution is -0.384. The van der Waals surface area contributed by atoms with Crippen LogP contribution in [0.25, 0.3) is 0 Å². The molecule has 2 aromatic carbocycles. The fraction of sp³-hybridized carbons (Fsp3) is 0.316. The molecule has 0 aliphatic rings. The number of para-hydroxylation sites is 1. The first-order valence-electron chi connectivity index (χ1n) is 8.33. The largest absolute Gasteiger partial charge is 0.479 e. The standard InChI is InChI=1S/C19H21ClN2O4/c1-4-12(2)15-7-5-6-8-17(15)21-19(23)13(3)26-18-10-9-14(22(24)25)11-16(18)20/h5-13H,4H2,1-3H3,(H,21,23)/t12-,13-/m0/s1. The van der Waals surface area contributed by atoms with E-state index in [9.17, 15) is 14.9 Å². The molecule has 2 atom stereocenters. The molecule has 26 heavy (non-hydrogen) atoms. The maximum Gasteiger partial charge on any atom is 0.271 e. The molecular formula is C19H21ClN2O4. The van der Waals surface area contributed by atoms with Crippen molar-refractivity contribution in [3.63, 3.8) is 0 Å². The summed E-state index contributed by atoms with van der Waals surface area (Å²) in [6, 6.07) is 11.5. The van der Waals surface area contributed by atoms with Gasteiger partial charge in [0.25, 0.3) is 11.6 Å². The number of hydrogen-bond acceptors (Lipinski definition) is 4. The second kappa shape index (κ2) is 8.67. The molecule has 1 N–H and O–H groups in total. The van der Waals surface area contributed by atoms with Crippen molar-refractivity contribution in [2.75, 3.05) is 5.32 Å². The first-order chi connectivity index (χ1) is 12.3. The van der Waals surface area contributed by atoms with Crippen LogP contribution in [-0.2, 0) is 4.79 Å². The summed E-state index contributed by atoms with van der Waals surface area (Å²) in [5.74, 6) is 0.206. The molecule has 0 heterocycles. The van der Waals surface area contributed by atoms with Gasteiger partial charge in [0.1, 0.15) is 5.75 Å². The number of ether oxygens (including phenoxy) is 1. The summed E-state index contributed by atoms with van der Waals surface area (Å²) in [5.41, 5.74) is 1.67. The van der Waals surface area contributed by atoms with E-state index in [1.165, 1.54) is 18.2 Å². The first-order valence-corrected chi connectivity index (χ1v) is 8.71. The number of carbonyl (C=O) groups excluding carboxylic acids is 1. The summed E-state index contributed by atoms with van der Waals surface area (Å²) in [6.45, 7) is 5.78. The number of amides is 1. The van der Waals surface area contributed by atoms with Crippen LogP contribution in [0.3, 0.4) is 0 Å². The van der Waals surface area contributed by atoms with Crippen LogP contribution in [0, 0.1) is 10.1 Å². The summed E-state index contributed by atoms with van der Waals surface area (Å²) < 4.78 is 5.57. The zero-order valence-corrected chi connectivity index (χ0v) is 15.6. The van der Waals surface area contributed by atoms with Gasteiger partial charge in [0.15, 0.2) is 6.10 Å². The molecule has 0 saturated heterocycles. The Morgan fingerprint density at radius 3 is 2.58 bits per heavy atom. The minimum absolute atomic E-state index is 0.0823. The third-order valence-corrected chi connectivity index (χ3v) is 4.46. The molecule has 0 aliphatic heterocycles. The van der Waals surface area contributed by atoms with Gasteiger partial charge in [-0.2, -0.15) is 0 Å². The Morgan fingerprint density at radius 2 is 1.96 bits per heavy atom. The van der Waals surface area contributed by atoms with Crippen molar-refractivity contribution in [2.45, 2.75) is 39.2 Å². The molecule has 0 spiro atoms. The third-order valence-electron chi connectivity index (χ3n) is 4.16. The zero-order chi connectivity index (χ0) is 19.3. The van der Waals surface area contributed by atoms with Crippen molar-refractivity contribution in [3.8, 4) is 5.75 Å². The Balaban J connectivity index is 2.10. The van der Waals surface area contributed by atoms with Gasteiger partial charge in [-0.15, -0.1) is 0 Å². The summed E-state index contributed by atoms with van der Waals surface area (Å²) in [5, 5.41) is 13.7. The number of nitro benzene ring substituents is 1. The second-order valence-corrected chi connectivity index (χ2v) is 6.42. The molecule has 0 radical (unpaired) electrons. The number of anilines is 1. The SMILES string of the molecule is CC[C@H](C)c1ccccc1NC(=O)[C@H](C)Oc1ccc([N+](=O)[O-])cc1Cl. The van der Waals surface area contributed by atoms with Crippen LogP contribution >= 0.6 is 11.6 Å². The van der Waals surface area contributed by atoms with Crippen LogP contribution in [0.15, 0.2) is 42.5 Å². The second-order valence-electron chi connectivity index (χ2n) is 6.02. The van der Waals surface area contributed by atoms with E-state index in [0.717, 1.165) is 17.7 Å². The highest BCUT2D eigenvalue weighted by Crippen LogP contribution is 2.30. The topological polar surface area (TPSA) is 81.5 Å². The zero-order valence-electron chi connectivity index (χ0n) is 14.9. The van der Waals surface area contributed by atoms with Crippen molar-refractivity contribution in [1.29, 1.82) is 0 Å². The Morgan fingerprint density at radius 1 is 1.27 bits per heavy atom. The van der Waals surface area contributed by atoms with Gasteiger partial charge in [0.2, 0.25) is 0 Å². The smallest absolute Gasteiger partial charge is 0.271 e. The number of nitrogens with zero attached hydrogens (tertiary/aromatic N) is 1. The van der Waals surface area contributed by atoms with Gasteiger partial charge < -0.3 is 10.1 Å². The van der Waals surface area contributed by atoms with Gasteiger partial charge >= 0.3 is 0 Å². The fourth-order valence-corrected chi connectivity index (χ4v) is 2.66. The number of halogens is 1. The highest BCUT2D eigenvalue weighted by atomic mass is 35.5. The number of nitrogens with one attached hydrogen (secondary N) is 1. The molecule has 0 unspecified atom stereocenters. The van der Waals surface area contributed by atoms with Crippen molar-refractivity contribution in [3.05, 3.63) is 63.2 Å². The lowest BCUT2D eigenvalue weighted by Gasteiger charge is -2.19. The average Bonchev–Trinajstić information content (AvgIpc) is 2.62. The lowest BCUT2D eigenvalue weighted by Crippen LogP contribution is -2.30. The van der Waals surface area contributed by atoms with Gasteiger partial charge in [0, 0.05) is 17.8 Å². The number of rotatable bonds is 7. The van der Waals surface area contributed by atoms with E-state index in [1.54, 1.807) is 6.92 Å². The lowest BCUT2D eigenvalue weighted by atomic mass is 9.97. The van der Waals surface area contributed by atoms with Gasteiger partial charge in [-0.25, -0.2) is 0 Å². The van der Waals surface area contributed by atoms with E-state index in [1.807, 2.05) is 24.3 Å². The predicted molar refractivity (Wildman–Crippen MR) is 102 cm³/mol. The maximum atomic E-state index is 12.5.